The number of carbonyl (C=O) groups excluding carboxylic acids is 2. The molecule has 5 nitrogen and oxygen atoms in total. The second-order valence-electron chi connectivity index (χ2n) is 7.80. The van der Waals surface area contributed by atoms with Crippen molar-refractivity contribution in [2.24, 2.45) is 17.1 Å². The van der Waals surface area contributed by atoms with Crippen LogP contribution in [-0.4, -0.2) is 17.0 Å². The van der Waals surface area contributed by atoms with E-state index in [1.54, 1.807) is 5.48 Å². The second-order valence-corrected chi connectivity index (χ2v) is 7.80. The van der Waals surface area contributed by atoms with Gasteiger partial charge in [0.1, 0.15) is 5.41 Å². The molecule has 0 aromatic heterocycles. The Morgan fingerprint density at radius 3 is 2.18 bits per heavy atom. The number of benzene rings is 1. The Bertz CT molecular complexity index is 576. The number of hydrogen-bond donors (Lipinski definition) is 3. The molecule has 0 aliphatic heterocycles. The molecular formula is C23H38N2O3. The lowest BCUT2D eigenvalue weighted by Crippen LogP contribution is -2.54. The standard InChI is InChI=1S/C23H38N2O3/c1-3-5-7-8-12-16-20(15-6-4-2)23(21(24)26,22(27)25-28)18-17-19-13-10-9-11-14-19/h9-11,13-14,20,28H,3-8,12,15-18H2,1-2H3,(H2,24,26)(H,25,27). The van der Waals surface area contributed by atoms with Gasteiger partial charge in [-0.1, -0.05) is 89.1 Å². The summed E-state index contributed by atoms with van der Waals surface area (Å²) in [5, 5.41) is 9.43. The maximum Gasteiger partial charge on any atom is 0.259 e. The minimum Gasteiger partial charge on any atom is -0.369 e. The van der Waals surface area contributed by atoms with Gasteiger partial charge in [-0.15, -0.1) is 0 Å². The smallest absolute Gasteiger partial charge is 0.259 e. The molecule has 0 aliphatic rings. The van der Waals surface area contributed by atoms with Gasteiger partial charge >= 0.3 is 0 Å². The van der Waals surface area contributed by atoms with Crippen LogP contribution in [0.2, 0.25) is 0 Å². The van der Waals surface area contributed by atoms with Crippen molar-refractivity contribution in [3.05, 3.63) is 35.9 Å². The van der Waals surface area contributed by atoms with Crippen LogP contribution in [0.25, 0.3) is 0 Å². The van der Waals surface area contributed by atoms with E-state index in [2.05, 4.69) is 13.8 Å². The molecule has 5 heteroatoms. The quantitative estimate of drug-likeness (QED) is 0.174. The first-order valence-electron chi connectivity index (χ1n) is 10.8. The molecule has 0 radical (unpaired) electrons. The highest BCUT2D eigenvalue weighted by Crippen LogP contribution is 2.40. The van der Waals surface area contributed by atoms with Gasteiger partial charge in [-0.25, -0.2) is 5.48 Å². The van der Waals surface area contributed by atoms with Crippen molar-refractivity contribution >= 4 is 11.8 Å². The van der Waals surface area contributed by atoms with Crippen LogP contribution in [0.15, 0.2) is 30.3 Å². The third-order valence-electron chi connectivity index (χ3n) is 5.86. The van der Waals surface area contributed by atoms with Gasteiger partial charge in [-0.05, 0) is 37.2 Å². The fourth-order valence-electron chi connectivity index (χ4n) is 4.11. The average molecular weight is 391 g/mol. The zero-order chi connectivity index (χ0) is 20.8. The fraction of sp³-hybridized carbons (Fsp3) is 0.652. The summed E-state index contributed by atoms with van der Waals surface area (Å²) in [6, 6.07) is 9.78. The molecular weight excluding hydrogens is 352 g/mol. The predicted octanol–water partition coefficient (Wildman–Crippen LogP) is 4.76. The molecule has 0 saturated carbocycles. The van der Waals surface area contributed by atoms with E-state index in [0.29, 0.717) is 12.8 Å². The highest BCUT2D eigenvalue weighted by atomic mass is 16.5. The van der Waals surface area contributed by atoms with Gasteiger partial charge in [-0.3, -0.25) is 14.8 Å². The van der Waals surface area contributed by atoms with Crippen molar-refractivity contribution in [2.45, 2.75) is 84.5 Å². The topological polar surface area (TPSA) is 92.4 Å². The van der Waals surface area contributed by atoms with Gasteiger partial charge in [0.2, 0.25) is 5.91 Å². The lowest BCUT2D eigenvalue weighted by molar-refractivity contribution is -0.153. The summed E-state index contributed by atoms with van der Waals surface area (Å²) in [7, 11) is 0. The first kappa shape index (κ1) is 24.2. The largest absolute Gasteiger partial charge is 0.369 e. The first-order chi connectivity index (χ1) is 13.5. The summed E-state index contributed by atoms with van der Waals surface area (Å²) < 4.78 is 0. The van der Waals surface area contributed by atoms with Gasteiger partial charge in [0.15, 0.2) is 0 Å². The van der Waals surface area contributed by atoms with Crippen molar-refractivity contribution in [3.8, 4) is 0 Å². The third kappa shape index (κ3) is 6.93. The van der Waals surface area contributed by atoms with Crippen LogP contribution < -0.4 is 11.2 Å². The molecule has 2 atom stereocenters. The molecule has 1 rings (SSSR count). The molecule has 2 amide bonds. The lowest BCUT2D eigenvalue weighted by Gasteiger charge is -2.36. The zero-order valence-electron chi connectivity index (χ0n) is 17.6. The monoisotopic (exact) mass is 390 g/mol. The molecule has 0 fully saturated rings. The van der Waals surface area contributed by atoms with Gasteiger partial charge in [0.25, 0.3) is 5.91 Å². The van der Waals surface area contributed by atoms with E-state index < -0.39 is 17.2 Å². The fourth-order valence-corrected chi connectivity index (χ4v) is 4.11. The molecule has 1 aromatic carbocycles. The molecule has 0 aliphatic carbocycles. The van der Waals surface area contributed by atoms with Crippen molar-refractivity contribution in [2.75, 3.05) is 0 Å². The van der Waals surface area contributed by atoms with Crippen molar-refractivity contribution in [1.82, 2.24) is 5.48 Å². The number of hydroxylamine groups is 1. The van der Waals surface area contributed by atoms with E-state index in [4.69, 9.17) is 5.73 Å². The molecule has 0 saturated heterocycles. The summed E-state index contributed by atoms with van der Waals surface area (Å²) in [6.45, 7) is 4.28. The Morgan fingerprint density at radius 2 is 1.61 bits per heavy atom. The predicted molar refractivity (Wildman–Crippen MR) is 113 cm³/mol. The summed E-state index contributed by atoms with van der Waals surface area (Å²) in [5.74, 6) is -1.46. The molecule has 4 N–H and O–H groups in total. The second kappa shape index (κ2) is 13.3. The zero-order valence-corrected chi connectivity index (χ0v) is 17.6. The first-order valence-corrected chi connectivity index (χ1v) is 10.8. The minimum atomic E-state index is -1.38. The van der Waals surface area contributed by atoms with Crippen molar-refractivity contribution < 1.29 is 14.8 Å². The van der Waals surface area contributed by atoms with Gasteiger partial charge in [0, 0.05) is 0 Å². The van der Waals surface area contributed by atoms with Crippen LogP contribution in [0.4, 0.5) is 0 Å². The number of primary amides is 1. The Hall–Kier alpha value is -1.88. The van der Waals surface area contributed by atoms with Crippen LogP contribution >= 0.6 is 0 Å². The highest BCUT2D eigenvalue weighted by Gasteiger charge is 2.49. The molecule has 158 valence electrons. The van der Waals surface area contributed by atoms with Crippen LogP contribution in [0.1, 0.15) is 83.6 Å². The molecule has 0 bridgehead atoms. The Balaban J connectivity index is 3.05. The summed E-state index contributed by atoms with van der Waals surface area (Å²) in [6.07, 6.45) is 9.91. The van der Waals surface area contributed by atoms with Gasteiger partial charge in [0.05, 0.1) is 0 Å². The van der Waals surface area contributed by atoms with Crippen molar-refractivity contribution in [3.63, 3.8) is 0 Å². The van der Waals surface area contributed by atoms with Gasteiger partial charge in [-0.2, -0.15) is 0 Å². The molecule has 1 aromatic rings. The van der Waals surface area contributed by atoms with Crippen LogP contribution in [0.5, 0.6) is 0 Å². The highest BCUT2D eigenvalue weighted by molar-refractivity contribution is 6.04. The SMILES string of the molecule is CCCCCCCC(CCCC)C(CCc1ccccc1)(C(N)=O)C(=O)NO. The number of rotatable bonds is 15. The number of carbonyl (C=O) groups is 2. The summed E-state index contributed by atoms with van der Waals surface area (Å²) in [5.41, 5.74) is 7.24. The third-order valence-corrected chi connectivity index (χ3v) is 5.86. The van der Waals surface area contributed by atoms with E-state index in [9.17, 15) is 14.8 Å². The number of amides is 2. The van der Waals surface area contributed by atoms with E-state index in [-0.39, 0.29) is 5.92 Å². The summed E-state index contributed by atoms with van der Waals surface area (Å²) in [4.78, 5) is 25.4. The molecule has 0 heterocycles. The van der Waals surface area contributed by atoms with E-state index in [1.165, 1.54) is 12.8 Å². The number of nitrogens with one attached hydrogen (secondary N) is 1. The average Bonchev–Trinajstić information content (AvgIpc) is 2.71. The summed E-state index contributed by atoms with van der Waals surface area (Å²) >= 11 is 0. The maximum atomic E-state index is 12.8. The Labute approximate surface area is 170 Å². The normalized spacial score (nSPS) is 14.2. The molecule has 28 heavy (non-hydrogen) atoms. The lowest BCUT2D eigenvalue weighted by atomic mass is 9.66. The molecule has 2 unspecified atom stereocenters. The van der Waals surface area contributed by atoms with Crippen LogP contribution in [0.3, 0.4) is 0 Å². The van der Waals surface area contributed by atoms with Crippen molar-refractivity contribution in [1.29, 1.82) is 0 Å². The minimum absolute atomic E-state index is 0.164. The number of nitrogens with two attached hydrogens (primary N) is 1. The number of aryl methyl sites for hydroxylation is 1. The number of unbranched alkanes of at least 4 members (excludes halogenated alkanes) is 5. The van der Waals surface area contributed by atoms with Gasteiger partial charge < -0.3 is 5.73 Å². The maximum absolute atomic E-state index is 12.8. The molecule has 0 spiro atoms. The number of hydrogen-bond acceptors (Lipinski definition) is 3. The Morgan fingerprint density at radius 1 is 1.00 bits per heavy atom. The van der Waals surface area contributed by atoms with Crippen LogP contribution in [0, 0.1) is 11.3 Å². The van der Waals surface area contributed by atoms with Crippen LogP contribution in [-0.2, 0) is 16.0 Å². The van der Waals surface area contributed by atoms with E-state index in [0.717, 1.165) is 50.5 Å². The van der Waals surface area contributed by atoms with E-state index in [1.807, 2.05) is 30.3 Å². The Kier molecular flexibility index (Phi) is 11.5. The van der Waals surface area contributed by atoms with E-state index >= 15 is 0 Å².